The van der Waals surface area contributed by atoms with Gasteiger partial charge in [-0.05, 0) is 31.0 Å². The Balaban J connectivity index is 1.57. The fraction of sp³-hybridized carbons (Fsp3) is 0.375. The van der Waals surface area contributed by atoms with E-state index >= 15 is 0 Å². The van der Waals surface area contributed by atoms with Crippen LogP contribution in [0.5, 0.6) is 0 Å². The van der Waals surface area contributed by atoms with Crippen LogP contribution < -0.4 is 0 Å². The monoisotopic (exact) mass is 404 g/mol. The van der Waals surface area contributed by atoms with Gasteiger partial charge in [0.25, 0.3) is 0 Å². The number of aromatic nitrogens is 2. The normalized spacial score (nSPS) is 19.5. The maximum absolute atomic E-state index is 13.3. The van der Waals surface area contributed by atoms with E-state index in [9.17, 15) is 4.79 Å². The van der Waals surface area contributed by atoms with Gasteiger partial charge in [0, 0.05) is 57.6 Å². The van der Waals surface area contributed by atoms with Crippen molar-refractivity contribution in [1.29, 1.82) is 0 Å². The van der Waals surface area contributed by atoms with Crippen LogP contribution in [-0.2, 0) is 17.8 Å². The van der Waals surface area contributed by atoms with Crippen molar-refractivity contribution in [3.05, 3.63) is 72.2 Å². The molecule has 2 aromatic heterocycles. The van der Waals surface area contributed by atoms with E-state index in [4.69, 9.17) is 4.52 Å². The van der Waals surface area contributed by atoms with Gasteiger partial charge in [0.1, 0.15) is 11.5 Å². The smallest absolute Gasteiger partial charge is 0.230 e. The first-order valence-corrected chi connectivity index (χ1v) is 10.4. The van der Waals surface area contributed by atoms with Crippen molar-refractivity contribution in [2.45, 2.75) is 25.8 Å². The van der Waals surface area contributed by atoms with Crippen LogP contribution >= 0.6 is 0 Å². The molecule has 3 aromatic rings. The third kappa shape index (κ3) is 4.44. The van der Waals surface area contributed by atoms with Gasteiger partial charge >= 0.3 is 0 Å². The van der Waals surface area contributed by atoms with E-state index in [1.165, 1.54) is 0 Å². The van der Waals surface area contributed by atoms with E-state index in [0.29, 0.717) is 13.0 Å². The van der Waals surface area contributed by atoms with Gasteiger partial charge < -0.3 is 9.42 Å². The molecule has 0 bridgehead atoms. The number of likely N-dealkylation sites (tertiary alicyclic amines) is 1. The summed E-state index contributed by atoms with van der Waals surface area (Å²) in [6.07, 6.45) is 6.04. The number of pyridine rings is 1. The highest BCUT2D eigenvalue weighted by Crippen LogP contribution is 2.36. The Morgan fingerprint density at radius 2 is 2.03 bits per heavy atom. The Labute approximate surface area is 177 Å². The highest BCUT2D eigenvalue weighted by molar-refractivity contribution is 5.83. The zero-order chi connectivity index (χ0) is 21.0. The average Bonchev–Trinajstić information content (AvgIpc) is 3.23. The predicted molar refractivity (Wildman–Crippen MR) is 116 cm³/mol. The molecule has 0 N–H and O–H groups in total. The summed E-state index contributed by atoms with van der Waals surface area (Å²) < 4.78 is 5.68. The van der Waals surface area contributed by atoms with Gasteiger partial charge in [-0.1, -0.05) is 41.6 Å². The van der Waals surface area contributed by atoms with Crippen LogP contribution in [0, 0.1) is 5.41 Å². The number of benzene rings is 1. The number of amides is 1. The van der Waals surface area contributed by atoms with Crippen molar-refractivity contribution in [3.8, 4) is 11.3 Å². The molecule has 0 unspecified atom stereocenters. The summed E-state index contributed by atoms with van der Waals surface area (Å²) in [5, 5.41) is 4.25. The SMILES string of the molecule is CN(C)C(=O)[C@]1(Cc2cc(-c3ccccc3)no2)CCCN(Cc2cccnc2)C1. The lowest BCUT2D eigenvalue weighted by atomic mass is 9.75. The van der Waals surface area contributed by atoms with Gasteiger partial charge in [-0.25, -0.2) is 0 Å². The molecular formula is C24H28N4O2. The third-order valence-electron chi connectivity index (χ3n) is 5.79. The second-order valence-corrected chi connectivity index (χ2v) is 8.38. The minimum Gasteiger partial charge on any atom is -0.361 e. The van der Waals surface area contributed by atoms with Gasteiger partial charge in [0.2, 0.25) is 5.91 Å². The third-order valence-corrected chi connectivity index (χ3v) is 5.79. The molecule has 1 aliphatic rings. The second kappa shape index (κ2) is 8.79. The zero-order valence-corrected chi connectivity index (χ0v) is 17.6. The van der Waals surface area contributed by atoms with Crippen molar-refractivity contribution < 1.29 is 9.32 Å². The summed E-state index contributed by atoms with van der Waals surface area (Å²) in [5.41, 5.74) is 2.47. The van der Waals surface area contributed by atoms with Crippen molar-refractivity contribution in [2.75, 3.05) is 27.2 Å². The van der Waals surface area contributed by atoms with Crippen LogP contribution in [0.15, 0.2) is 65.4 Å². The molecule has 1 amide bonds. The first kappa shape index (κ1) is 20.3. The molecule has 0 saturated carbocycles. The number of piperidine rings is 1. The molecule has 0 radical (unpaired) electrons. The molecule has 6 heteroatoms. The number of carbonyl (C=O) groups is 1. The standard InChI is InChI=1S/C24H28N4O2/c1-27(2)23(29)24(11-7-13-28(18-24)17-19-8-6-12-25-16-19)15-21-14-22(26-30-21)20-9-4-3-5-10-20/h3-6,8-10,12,14,16H,7,11,13,15,17-18H2,1-2H3/t24-/m0/s1. The maximum atomic E-state index is 13.3. The summed E-state index contributed by atoms with van der Waals surface area (Å²) in [7, 11) is 3.67. The summed E-state index contributed by atoms with van der Waals surface area (Å²) in [5.74, 6) is 0.906. The molecule has 1 saturated heterocycles. The summed E-state index contributed by atoms with van der Waals surface area (Å²) in [6, 6.07) is 16.0. The molecule has 0 spiro atoms. The van der Waals surface area contributed by atoms with Crippen molar-refractivity contribution in [2.24, 2.45) is 5.41 Å². The first-order chi connectivity index (χ1) is 14.6. The Morgan fingerprint density at radius 3 is 2.77 bits per heavy atom. The van der Waals surface area contributed by atoms with E-state index in [1.807, 2.05) is 62.8 Å². The number of hydrogen-bond donors (Lipinski definition) is 0. The van der Waals surface area contributed by atoms with Crippen molar-refractivity contribution >= 4 is 5.91 Å². The first-order valence-electron chi connectivity index (χ1n) is 10.4. The zero-order valence-electron chi connectivity index (χ0n) is 17.6. The van der Waals surface area contributed by atoms with Gasteiger partial charge in [0.05, 0.1) is 5.41 Å². The Hall–Kier alpha value is -2.99. The number of nitrogens with zero attached hydrogens (tertiary/aromatic N) is 4. The van der Waals surface area contributed by atoms with Crippen molar-refractivity contribution in [1.82, 2.24) is 19.9 Å². The van der Waals surface area contributed by atoms with E-state index < -0.39 is 5.41 Å². The van der Waals surface area contributed by atoms with Crippen LogP contribution in [0.25, 0.3) is 11.3 Å². The Morgan fingerprint density at radius 1 is 1.20 bits per heavy atom. The minimum atomic E-state index is -0.516. The molecule has 1 aromatic carbocycles. The van der Waals surface area contributed by atoms with Gasteiger partial charge in [-0.3, -0.25) is 14.7 Å². The number of carbonyl (C=O) groups excluding carboxylic acids is 1. The fourth-order valence-corrected chi connectivity index (χ4v) is 4.46. The van der Waals surface area contributed by atoms with Crippen molar-refractivity contribution in [3.63, 3.8) is 0 Å². The van der Waals surface area contributed by atoms with Crippen LogP contribution in [0.1, 0.15) is 24.2 Å². The molecule has 0 aliphatic carbocycles. The topological polar surface area (TPSA) is 62.5 Å². The maximum Gasteiger partial charge on any atom is 0.230 e. The highest BCUT2D eigenvalue weighted by atomic mass is 16.5. The molecule has 1 fully saturated rings. The molecule has 156 valence electrons. The summed E-state index contributed by atoms with van der Waals surface area (Å²) in [4.78, 5) is 21.6. The second-order valence-electron chi connectivity index (χ2n) is 8.38. The van der Waals surface area contributed by atoms with E-state index in [1.54, 1.807) is 11.1 Å². The highest BCUT2D eigenvalue weighted by Gasteiger charge is 2.44. The van der Waals surface area contributed by atoms with Crippen LogP contribution in [0.2, 0.25) is 0 Å². The van der Waals surface area contributed by atoms with Gasteiger partial charge in [-0.15, -0.1) is 0 Å². The quantitative estimate of drug-likeness (QED) is 0.628. The van der Waals surface area contributed by atoms with Gasteiger partial charge in [0.15, 0.2) is 0 Å². The van der Waals surface area contributed by atoms with Gasteiger partial charge in [-0.2, -0.15) is 0 Å². The van der Waals surface area contributed by atoms with Crippen LogP contribution in [0.3, 0.4) is 0 Å². The van der Waals surface area contributed by atoms with E-state index in [2.05, 4.69) is 21.1 Å². The lowest BCUT2D eigenvalue weighted by Gasteiger charge is -2.42. The Bertz CT molecular complexity index is 971. The average molecular weight is 405 g/mol. The largest absolute Gasteiger partial charge is 0.361 e. The number of rotatable bonds is 6. The lowest BCUT2D eigenvalue weighted by Crippen LogP contribution is -2.52. The fourth-order valence-electron chi connectivity index (χ4n) is 4.46. The summed E-state index contributed by atoms with van der Waals surface area (Å²) >= 11 is 0. The lowest BCUT2D eigenvalue weighted by molar-refractivity contribution is -0.143. The van der Waals surface area contributed by atoms with E-state index in [-0.39, 0.29) is 5.91 Å². The van der Waals surface area contributed by atoms with Crippen LogP contribution in [-0.4, -0.2) is 53.0 Å². The molecule has 3 heterocycles. The molecule has 30 heavy (non-hydrogen) atoms. The molecule has 1 atom stereocenters. The molecule has 4 rings (SSSR count). The van der Waals surface area contributed by atoms with E-state index in [0.717, 1.165) is 48.5 Å². The molecular weight excluding hydrogens is 376 g/mol. The predicted octanol–water partition coefficient (Wildman–Crippen LogP) is 3.65. The Kier molecular flexibility index (Phi) is 5.95. The minimum absolute atomic E-state index is 0.149. The summed E-state index contributed by atoms with van der Waals surface area (Å²) in [6.45, 7) is 2.46. The van der Waals surface area contributed by atoms with Crippen LogP contribution in [0.4, 0.5) is 0 Å². The number of hydrogen-bond acceptors (Lipinski definition) is 5. The molecule has 1 aliphatic heterocycles. The molecule has 6 nitrogen and oxygen atoms in total.